The number of nitrogens with zero attached hydrogens (tertiary/aromatic N) is 1. The Bertz CT molecular complexity index is 121. The second-order valence-electron chi connectivity index (χ2n) is 1.31. The van der Waals surface area contributed by atoms with Crippen molar-refractivity contribution in [1.29, 1.82) is 0 Å². The first-order valence-corrected chi connectivity index (χ1v) is 2.20. The molecule has 1 rings (SSSR count). The van der Waals surface area contributed by atoms with Crippen molar-refractivity contribution in [2.24, 2.45) is 0 Å². The van der Waals surface area contributed by atoms with Crippen LogP contribution in [0, 0.1) is 6.92 Å². The lowest BCUT2D eigenvalue weighted by molar-refractivity contribution is 1.15. The van der Waals surface area contributed by atoms with Gasteiger partial charge in [0.25, 0.3) is 0 Å². The minimum absolute atomic E-state index is 0.767. The van der Waals surface area contributed by atoms with Gasteiger partial charge in [-0.2, -0.15) is 0 Å². The molecule has 0 bridgehead atoms. The molecule has 0 aliphatic heterocycles. The summed E-state index contributed by atoms with van der Waals surface area (Å²) >= 11 is 0. The number of hydrogen-bond donors (Lipinski definition) is 1. The monoisotopic (exact) mass is 95.1 g/mol. The molecule has 0 unspecified atom stereocenters. The van der Waals surface area contributed by atoms with Crippen LogP contribution in [0.5, 0.6) is 0 Å². The number of nitrogens with one attached hydrogen (secondary N) is 1. The van der Waals surface area contributed by atoms with Crippen LogP contribution in [0.3, 0.4) is 0 Å². The maximum absolute atomic E-state index is 3.92. The summed E-state index contributed by atoms with van der Waals surface area (Å²) in [7, 11) is 0. The van der Waals surface area contributed by atoms with E-state index in [0.717, 1.165) is 12.1 Å². The van der Waals surface area contributed by atoms with Crippen LogP contribution in [0.25, 0.3) is 0 Å². The second-order valence-corrected chi connectivity index (χ2v) is 1.31. The molecule has 1 heterocycles. The lowest BCUT2D eigenvalue weighted by Crippen LogP contribution is -1.74. The summed E-state index contributed by atoms with van der Waals surface area (Å²) in [6.07, 6.45) is 4.26. The summed E-state index contributed by atoms with van der Waals surface area (Å²) in [5.41, 5.74) is 1.01. The Labute approximate surface area is 42.6 Å². The van der Waals surface area contributed by atoms with Crippen LogP contribution in [0.1, 0.15) is 5.69 Å². The average molecular weight is 95.1 g/mol. The molecule has 2 nitrogen and oxygen atoms in total. The number of rotatable bonds is 1. The molecule has 0 aliphatic carbocycles. The van der Waals surface area contributed by atoms with E-state index in [4.69, 9.17) is 0 Å². The Balaban J connectivity index is 2.76. The molecule has 0 amide bonds. The number of H-pyrrole nitrogens is 1. The molecule has 0 atom stereocenters. The number of aromatic nitrogens is 2. The van der Waals surface area contributed by atoms with Crippen molar-refractivity contribution in [3.05, 3.63) is 25.1 Å². The Morgan fingerprint density at radius 3 is 3.00 bits per heavy atom. The normalized spacial score (nSPS) is 9.29. The molecule has 0 spiro atoms. The van der Waals surface area contributed by atoms with Gasteiger partial charge in [0.1, 0.15) is 0 Å². The number of hydrogen-bond acceptors (Lipinski definition) is 1. The Morgan fingerprint density at radius 2 is 2.71 bits per heavy atom. The Kier molecular flexibility index (Phi) is 1.11. The molecule has 37 valence electrons. The van der Waals surface area contributed by atoms with Crippen LogP contribution in [-0.4, -0.2) is 9.97 Å². The predicted molar refractivity (Wildman–Crippen MR) is 27.6 cm³/mol. The number of imidazole rings is 1. The third-order valence-electron chi connectivity index (χ3n) is 0.811. The van der Waals surface area contributed by atoms with Crippen LogP contribution in [0.4, 0.5) is 0 Å². The molecular weight excluding hydrogens is 88.1 g/mol. The van der Waals surface area contributed by atoms with Crippen LogP contribution >= 0.6 is 0 Å². The Hall–Kier alpha value is -0.790. The van der Waals surface area contributed by atoms with Crippen molar-refractivity contribution < 1.29 is 0 Å². The molecule has 0 fully saturated rings. The van der Waals surface area contributed by atoms with E-state index in [1.165, 1.54) is 0 Å². The summed E-state index contributed by atoms with van der Waals surface area (Å²) in [6.45, 7) is 3.65. The van der Waals surface area contributed by atoms with Crippen molar-refractivity contribution >= 4 is 0 Å². The van der Waals surface area contributed by atoms with Crippen molar-refractivity contribution in [1.82, 2.24) is 9.97 Å². The zero-order valence-corrected chi connectivity index (χ0v) is 4.02. The third kappa shape index (κ3) is 0.796. The fourth-order valence-electron chi connectivity index (χ4n) is 0.428. The molecule has 1 aromatic rings. The highest BCUT2D eigenvalue weighted by Gasteiger charge is 1.83. The van der Waals surface area contributed by atoms with E-state index >= 15 is 0 Å². The molecule has 0 saturated heterocycles. The van der Waals surface area contributed by atoms with Crippen molar-refractivity contribution in [2.75, 3.05) is 0 Å². The van der Waals surface area contributed by atoms with Gasteiger partial charge in [-0.1, -0.05) is 0 Å². The summed E-state index contributed by atoms with van der Waals surface area (Å²) in [6, 6.07) is 0. The molecule has 0 saturated carbocycles. The lowest BCUT2D eigenvalue weighted by Gasteiger charge is -1.76. The highest BCUT2D eigenvalue weighted by molar-refractivity contribution is 4.94. The minimum atomic E-state index is 0.767. The fourth-order valence-corrected chi connectivity index (χ4v) is 0.428. The van der Waals surface area contributed by atoms with Gasteiger partial charge in [0.15, 0.2) is 0 Å². The molecule has 1 aromatic heterocycles. The van der Waals surface area contributed by atoms with Gasteiger partial charge in [-0.05, 0) is 13.3 Å². The summed E-state index contributed by atoms with van der Waals surface area (Å²) < 4.78 is 0. The zero-order valence-electron chi connectivity index (χ0n) is 4.02. The largest absolute Gasteiger partial charge is 0.351 e. The van der Waals surface area contributed by atoms with Gasteiger partial charge in [-0.3, -0.25) is 0 Å². The van der Waals surface area contributed by atoms with Crippen molar-refractivity contribution in [2.45, 2.75) is 6.42 Å². The van der Waals surface area contributed by atoms with E-state index in [0.29, 0.717) is 0 Å². The van der Waals surface area contributed by atoms with Crippen LogP contribution < -0.4 is 0 Å². The van der Waals surface area contributed by atoms with E-state index in [2.05, 4.69) is 16.9 Å². The molecule has 0 aliphatic rings. The van der Waals surface area contributed by atoms with Gasteiger partial charge in [0.2, 0.25) is 0 Å². The first kappa shape index (κ1) is 4.37. The summed E-state index contributed by atoms with van der Waals surface area (Å²) in [5.74, 6) is 0. The molecule has 1 radical (unpaired) electrons. The van der Waals surface area contributed by atoms with E-state index in [-0.39, 0.29) is 0 Å². The van der Waals surface area contributed by atoms with Crippen LogP contribution in [0.15, 0.2) is 12.5 Å². The molecule has 2 heteroatoms. The average Bonchev–Trinajstić information content (AvgIpc) is 2.14. The number of aromatic amines is 1. The fraction of sp³-hybridized carbons (Fsp3) is 0.200. The van der Waals surface area contributed by atoms with Gasteiger partial charge in [0.05, 0.1) is 12.0 Å². The molecule has 0 aromatic carbocycles. The summed E-state index contributed by atoms with van der Waals surface area (Å²) in [4.78, 5) is 6.75. The highest BCUT2D eigenvalue weighted by Crippen LogP contribution is 1.87. The molecule has 1 N–H and O–H groups in total. The quantitative estimate of drug-likeness (QED) is 0.548. The molecular formula is C5H7N2. The maximum Gasteiger partial charge on any atom is 0.0923 e. The third-order valence-corrected chi connectivity index (χ3v) is 0.811. The van der Waals surface area contributed by atoms with Crippen molar-refractivity contribution in [3.63, 3.8) is 0 Å². The van der Waals surface area contributed by atoms with E-state index in [1.54, 1.807) is 6.33 Å². The zero-order chi connectivity index (χ0) is 5.11. The van der Waals surface area contributed by atoms with Crippen molar-refractivity contribution in [3.8, 4) is 0 Å². The predicted octanol–water partition coefficient (Wildman–Crippen LogP) is 0.786. The first-order chi connectivity index (χ1) is 3.43. The van der Waals surface area contributed by atoms with Crippen LogP contribution in [0.2, 0.25) is 0 Å². The first-order valence-electron chi connectivity index (χ1n) is 2.20. The maximum atomic E-state index is 3.92. The van der Waals surface area contributed by atoms with Gasteiger partial charge < -0.3 is 4.98 Å². The van der Waals surface area contributed by atoms with Gasteiger partial charge in [0, 0.05) is 6.20 Å². The summed E-state index contributed by atoms with van der Waals surface area (Å²) in [5, 5.41) is 0. The lowest BCUT2D eigenvalue weighted by atomic mass is 10.4. The van der Waals surface area contributed by atoms with Gasteiger partial charge in [-0.15, -0.1) is 0 Å². The topological polar surface area (TPSA) is 28.7 Å². The minimum Gasteiger partial charge on any atom is -0.351 e. The van der Waals surface area contributed by atoms with E-state index < -0.39 is 0 Å². The Morgan fingerprint density at radius 1 is 1.86 bits per heavy atom. The standard InChI is InChI=1S/C5H7N2/c1-2-5-3-6-4-7-5/h3-4H,1-2H2,(H,6,7). The van der Waals surface area contributed by atoms with E-state index in [1.807, 2.05) is 6.20 Å². The highest BCUT2D eigenvalue weighted by atomic mass is 14.8. The smallest absolute Gasteiger partial charge is 0.0923 e. The van der Waals surface area contributed by atoms with E-state index in [9.17, 15) is 0 Å². The van der Waals surface area contributed by atoms with Gasteiger partial charge >= 0.3 is 0 Å². The van der Waals surface area contributed by atoms with Crippen LogP contribution in [-0.2, 0) is 6.42 Å². The van der Waals surface area contributed by atoms with Gasteiger partial charge in [-0.25, -0.2) is 4.98 Å². The SMILES string of the molecule is [CH2]Cc1c[nH]cn1. The second kappa shape index (κ2) is 1.78. The molecule has 7 heavy (non-hydrogen) atoms.